The SMILES string of the molecule is NC(=O)[C@@H](c1ccccc1)N1CCn2c(nnc2-c2ccccc2)C1. The van der Waals surface area contributed by atoms with Crippen molar-refractivity contribution in [2.45, 2.75) is 19.1 Å². The van der Waals surface area contributed by atoms with Gasteiger partial charge < -0.3 is 10.3 Å². The van der Waals surface area contributed by atoms with Crippen molar-refractivity contribution >= 4 is 5.91 Å². The molecule has 0 bridgehead atoms. The number of rotatable bonds is 4. The molecular formula is C19H19N5O. The van der Waals surface area contributed by atoms with Crippen molar-refractivity contribution in [2.75, 3.05) is 6.54 Å². The summed E-state index contributed by atoms with van der Waals surface area (Å²) < 4.78 is 2.12. The third kappa shape index (κ3) is 2.92. The molecule has 6 heteroatoms. The van der Waals surface area contributed by atoms with Gasteiger partial charge in [-0.05, 0) is 5.56 Å². The molecule has 2 heterocycles. The van der Waals surface area contributed by atoms with Gasteiger partial charge in [-0.2, -0.15) is 0 Å². The van der Waals surface area contributed by atoms with Crippen molar-refractivity contribution in [3.8, 4) is 11.4 Å². The number of benzene rings is 2. The summed E-state index contributed by atoms with van der Waals surface area (Å²) in [7, 11) is 0. The summed E-state index contributed by atoms with van der Waals surface area (Å²) in [5, 5.41) is 8.69. The second-order valence-electron chi connectivity index (χ2n) is 6.14. The van der Waals surface area contributed by atoms with Crippen LogP contribution in [0.3, 0.4) is 0 Å². The van der Waals surface area contributed by atoms with Gasteiger partial charge >= 0.3 is 0 Å². The van der Waals surface area contributed by atoms with Crippen LogP contribution < -0.4 is 5.73 Å². The number of hydrogen-bond acceptors (Lipinski definition) is 4. The molecule has 4 rings (SSSR count). The number of amides is 1. The number of carbonyl (C=O) groups is 1. The number of primary amides is 1. The van der Waals surface area contributed by atoms with E-state index in [-0.39, 0.29) is 5.91 Å². The highest BCUT2D eigenvalue weighted by Crippen LogP contribution is 2.27. The molecule has 0 saturated carbocycles. The number of nitrogens with two attached hydrogens (primary N) is 1. The fourth-order valence-corrected chi connectivity index (χ4v) is 3.39. The topological polar surface area (TPSA) is 77.0 Å². The summed E-state index contributed by atoms with van der Waals surface area (Å²) in [6.07, 6.45) is 0. The minimum Gasteiger partial charge on any atom is -0.368 e. The first-order valence-corrected chi connectivity index (χ1v) is 8.30. The average Bonchev–Trinajstić information content (AvgIpc) is 3.06. The molecular weight excluding hydrogens is 314 g/mol. The van der Waals surface area contributed by atoms with Crippen molar-refractivity contribution in [1.82, 2.24) is 19.7 Å². The Labute approximate surface area is 145 Å². The minimum absolute atomic E-state index is 0.345. The lowest BCUT2D eigenvalue weighted by Crippen LogP contribution is -2.42. The second kappa shape index (κ2) is 6.49. The van der Waals surface area contributed by atoms with Crippen LogP contribution in [0.2, 0.25) is 0 Å². The van der Waals surface area contributed by atoms with Gasteiger partial charge in [-0.3, -0.25) is 9.69 Å². The summed E-state index contributed by atoms with van der Waals surface area (Å²) in [5.74, 6) is 1.38. The van der Waals surface area contributed by atoms with Gasteiger partial charge in [0.25, 0.3) is 0 Å². The minimum atomic E-state index is -0.452. The molecule has 0 radical (unpaired) electrons. The molecule has 1 aromatic heterocycles. The Kier molecular flexibility index (Phi) is 4.03. The summed E-state index contributed by atoms with van der Waals surface area (Å²) in [6.45, 7) is 1.99. The standard InChI is InChI=1S/C19H19N5O/c20-18(25)17(14-7-3-1-4-8-14)23-11-12-24-16(13-23)21-22-19(24)15-9-5-2-6-10-15/h1-10,17H,11-13H2,(H2,20,25)/t17-/m1/s1. The molecule has 0 unspecified atom stereocenters. The Bertz CT molecular complexity index is 875. The van der Waals surface area contributed by atoms with Crippen molar-refractivity contribution in [3.05, 3.63) is 72.1 Å². The lowest BCUT2D eigenvalue weighted by molar-refractivity contribution is -0.124. The first-order chi connectivity index (χ1) is 12.2. The van der Waals surface area contributed by atoms with Crippen LogP contribution in [0, 0.1) is 0 Å². The van der Waals surface area contributed by atoms with Crippen LogP contribution in [-0.2, 0) is 17.9 Å². The lowest BCUT2D eigenvalue weighted by atomic mass is 10.0. The molecule has 1 aliphatic heterocycles. The first-order valence-electron chi connectivity index (χ1n) is 8.30. The fraction of sp³-hybridized carbons (Fsp3) is 0.211. The number of carbonyl (C=O) groups excluding carboxylic acids is 1. The maximum absolute atomic E-state index is 12.1. The van der Waals surface area contributed by atoms with Gasteiger partial charge in [-0.25, -0.2) is 0 Å². The first kappa shape index (κ1) is 15.5. The molecule has 0 spiro atoms. The summed E-state index contributed by atoms with van der Waals surface area (Å²) in [4.78, 5) is 14.1. The van der Waals surface area contributed by atoms with E-state index in [1.165, 1.54) is 0 Å². The van der Waals surface area contributed by atoms with Gasteiger partial charge in [0.1, 0.15) is 11.9 Å². The molecule has 0 saturated heterocycles. The van der Waals surface area contributed by atoms with Crippen molar-refractivity contribution in [2.24, 2.45) is 5.73 Å². The van der Waals surface area contributed by atoms with E-state index in [1.807, 2.05) is 60.7 Å². The monoisotopic (exact) mass is 333 g/mol. The molecule has 6 nitrogen and oxygen atoms in total. The predicted octanol–water partition coefficient (Wildman–Crippen LogP) is 1.99. The third-order valence-corrected chi connectivity index (χ3v) is 4.56. The molecule has 0 fully saturated rings. The lowest BCUT2D eigenvalue weighted by Gasteiger charge is -2.33. The molecule has 126 valence electrons. The Balaban J connectivity index is 1.63. The molecule has 25 heavy (non-hydrogen) atoms. The Hall–Kier alpha value is -2.99. The molecule has 2 aromatic carbocycles. The van der Waals surface area contributed by atoms with Crippen LogP contribution >= 0.6 is 0 Å². The van der Waals surface area contributed by atoms with Crippen molar-refractivity contribution in [3.63, 3.8) is 0 Å². The van der Waals surface area contributed by atoms with E-state index in [4.69, 9.17) is 5.73 Å². The molecule has 1 aliphatic rings. The van der Waals surface area contributed by atoms with Crippen molar-refractivity contribution < 1.29 is 4.79 Å². The molecule has 1 atom stereocenters. The van der Waals surface area contributed by atoms with Crippen LogP contribution in [-0.4, -0.2) is 32.1 Å². The van der Waals surface area contributed by atoms with Crippen LogP contribution in [0.5, 0.6) is 0 Å². The molecule has 1 amide bonds. The van der Waals surface area contributed by atoms with Crippen LogP contribution in [0.15, 0.2) is 60.7 Å². The highest BCUT2D eigenvalue weighted by Gasteiger charge is 2.30. The summed E-state index contributed by atoms with van der Waals surface area (Å²) >= 11 is 0. The summed E-state index contributed by atoms with van der Waals surface area (Å²) in [6, 6.07) is 19.2. The van der Waals surface area contributed by atoms with Gasteiger partial charge in [0.15, 0.2) is 5.82 Å². The normalized spacial score (nSPS) is 15.5. The van der Waals surface area contributed by atoms with Gasteiger partial charge in [-0.1, -0.05) is 60.7 Å². The number of hydrogen-bond donors (Lipinski definition) is 1. The van der Waals surface area contributed by atoms with Gasteiger partial charge in [0, 0.05) is 18.7 Å². The quantitative estimate of drug-likeness (QED) is 0.792. The summed E-state index contributed by atoms with van der Waals surface area (Å²) in [5.41, 5.74) is 7.65. The Morgan fingerprint density at radius 3 is 2.32 bits per heavy atom. The van der Waals surface area contributed by atoms with E-state index in [0.717, 1.165) is 29.3 Å². The number of nitrogens with zero attached hydrogens (tertiary/aromatic N) is 4. The zero-order valence-electron chi connectivity index (χ0n) is 13.7. The highest BCUT2D eigenvalue weighted by atomic mass is 16.1. The zero-order valence-corrected chi connectivity index (χ0v) is 13.7. The van der Waals surface area contributed by atoms with E-state index in [2.05, 4.69) is 19.7 Å². The second-order valence-corrected chi connectivity index (χ2v) is 6.14. The highest BCUT2D eigenvalue weighted by molar-refractivity contribution is 5.81. The van der Waals surface area contributed by atoms with Gasteiger partial charge in [0.2, 0.25) is 5.91 Å². The largest absolute Gasteiger partial charge is 0.368 e. The van der Waals surface area contributed by atoms with Crippen LogP contribution in [0.25, 0.3) is 11.4 Å². The smallest absolute Gasteiger partial charge is 0.239 e. The molecule has 0 aliphatic carbocycles. The van der Waals surface area contributed by atoms with E-state index in [0.29, 0.717) is 13.1 Å². The number of aromatic nitrogens is 3. The van der Waals surface area contributed by atoms with Crippen molar-refractivity contribution in [1.29, 1.82) is 0 Å². The van der Waals surface area contributed by atoms with Gasteiger partial charge in [0.05, 0.1) is 6.54 Å². The number of fused-ring (bicyclic) bond motifs is 1. The maximum Gasteiger partial charge on any atom is 0.239 e. The fourth-order valence-electron chi connectivity index (χ4n) is 3.39. The van der Waals surface area contributed by atoms with Crippen LogP contribution in [0.4, 0.5) is 0 Å². The Morgan fingerprint density at radius 1 is 0.960 bits per heavy atom. The van der Waals surface area contributed by atoms with Gasteiger partial charge in [-0.15, -0.1) is 10.2 Å². The molecule has 2 N–H and O–H groups in total. The van der Waals surface area contributed by atoms with E-state index < -0.39 is 6.04 Å². The molecule has 3 aromatic rings. The van der Waals surface area contributed by atoms with Crippen LogP contribution in [0.1, 0.15) is 17.4 Å². The van der Waals surface area contributed by atoms with E-state index >= 15 is 0 Å². The maximum atomic E-state index is 12.1. The Morgan fingerprint density at radius 2 is 1.64 bits per heavy atom. The predicted molar refractivity (Wildman–Crippen MR) is 94.2 cm³/mol. The van der Waals surface area contributed by atoms with E-state index in [9.17, 15) is 4.79 Å². The average molecular weight is 333 g/mol. The zero-order chi connectivity index (χ0) is 17.2. The van der Waals surface area contributed by atoms with E-state index in [1.54, 1.807) is 0 Å². The third-order valence-electron chi connectivity index (χ3n) is 4.56.